The molecule has 4 rings (SSSR count). The largest absolute Gasteiger partial charge is 0.309 e. The fourth-order valence-electron chi connectivity index (χ4n) is 3.56. The number of piperazine rings is 1. The van der Waals surface area contributed by atoms with E-state index < -0.39 is 10.0 Å². The molecule has 2 heterocycles. The summed E-state index contributed by atoms with van der Waals surface area (Å²) in [5, 5.41) is 0.564. The molecule has 0 unspecified atom stereocenters. The van der Waals surface area contributed by atoms with Gasteiger partial charge in [0, 0.05) is 30.7 Å². The van der Waals surface area contributed by atoms with Crippen molar-refractivity contribution in [1.82, 2.24) is 19.2 Å². The minimum atomic E-state index is -3.52. The van der Waals surface area contributed by atoms with Gasteiger partial charge in [0.15, 0.2) is 0 Å². The number of hydrogen-bond acceptors (Lipinski definition) is 5. The lowest BCUT2D eigenvalue weighted by Crippen LogP contribution is -2.49. The molecule has 0 saturated carbocycles. The van der Waals surface area contributed by atoms with Crippen LogP contribution in [0.2, 0.25) is 0 Å². The topological polar surface area (TPSA) is 86.4 Å². The maximum Gasteiger partial charge on any atom is 0.258 e. The van der Waals surface area contributed by atoms with Gasteiger partial charge in [0.25, 0.3) is 5.56 Å². The van der Waals surface area contributed by atoms with Gasteiger partial charge in [-0.15, -0.1) is 0 Å². The number of para-hydroxylation sites is 1. The summed E-state index contributed by atoms with van der Waals surface area (Å²) in [6.07, 6.45) is 0. The lowest BCUT2D eigenvalue weighted by molar-refractivity contribution is 0.141. The summed E-state index contributed by atoms with van der Waals surface area (Å²) in [6, 6.07) is 13.8. The van der Waals surface area contributed by atoms with E-state index in [1.54, 1.807) is 30.3 Å². The van der Waals surface area contributed by atoms with Crippen LogP contribution in [0.4, 0.5) is 0 Å². The summed E-state index contributed by atoms with van der Waals surface area (Å²) in [4.78, 5) is 22.3. The zero-order chi connectivity index (χ0) is 20.6. The summed E-state index contributed by atoms with van der Waals surface area (Å²) < 4.78 is 28.1. The van der Waals surface area contributed by atoms with E-state index in [1.807, 2.05) is 25.1 Å². The molecule has 152 valence electrons. The first kappa shape index (κ1) is 20.2. The number of halogens is 1. The number of fused-ring (bicyclic) bond motifs is 1. The van der Waals surface area contributed by atoms with Crippen molar-refractivity contribution < 1.29 is 8.42 Å². The standard InChI is InChI=1S/C20H21BrN4O3S/c1-14(19-22-18-5-3-2-4-17(18)20(26)23-19)24-10-12-25(13-11-24)29(27,28)16-8-6-15(21)7-9-16/h2-9,14H,10-13H2,1H3,(H,22,23,26)/t14-/m1/s1. The van der Waals surface area contributed by atoms with Crippen LogP contribution >= 0.6 is 15.9 Å². The van der Waals surface area contributed by atoms with Crippen LogP contribution in [0.15, 0.2) is 62.7 Å². The van der Waals surface area contributed by atoms with E-state index in [4.69, 9.17) is 0 Å². The molecule has 1 N–H and O–H groups in total. The Labute approximate surface area is 177 Å². The minimum absolute atomic E-state index is 0.121. The van der Waals surface area contributed by atoms with Crippen molar-refractivity contribution in [2.75, 3.05) is 26.2 Å². The molecule has 3 aromatic rings. The molecule has 1 saturated heterocycles. The highest BCUT2D eigenvalue weighted by atomic mass is 79.9. The second-order valence-corrected chi connectivity index (χ2v) is 9.89. The molecule has 29 heavy (non-hydrogen) atoms. The van der Waals surface area contributed by atoms with E-state index in [1.165, 1.54) is 4.31 Å². The molecule has 7 nitrogen and oxygen atoms in total. The van der Waals surface area contributed by atoms with Gasteiger partial charge < -0.3 is 4.98 Å². The highest BCUT2D eigenvalue weighted by Crippen LogP contribution is 2.23. The van der Waals surface area contributed by atoms with Crippen molar-refractivity contribution >= 4 is 36.9 Å². The first-order valence-electron chi connectivity index (χ1n) is 9.35. The lowest BCUT2D eigenvalue weighted by Gasteiger charge is -2.37. The van der Waals surface area contributed by atoms with Gasteiger partial charge in [-0.25, -0.2) is 13.4 Å². The normalized spacial score (nSPS) is 17.4. The molecule has 2 aromatic carbocycles. The number of nitrogens with one attached hydrogen (secondary N) is 1. The van der Waals surface area contributed by atoms with Gasteiger partial charge in [0.1, 0.15) is 5.82 Å². The Balaban J connectivity index is 1.49. The molecule has 1 atom stereocenters. The van der Waals surface area contributed by atoms with E-state index in [0.717, 1.165) is 4.47 Å². The lowest BCUT2D eigenvalue weighted by atomic mass is 10.2. The van der Waals surface area contributed by atoms with Gasteiger partial charge in [-0.2, -0.15) is 4.31 Å². The maximum atomic E-state index is 12.9. The molecule has 0 aliphatic carbocycles. The fraction of sp³-hybridized carbons (Fsp3) is 0.300. The molecule has 1 aliphatic heterocycles. The average molecular weight is 477 g/mol. The van der Waals surface area contributed by atoms with Crippen LogP contribution < -0.4 is 5.56 Å². The monoisotopic (exact) mass is 476 g/mol. The van der Waals surface area contributed by atoms with Crippen LogP contribution in [0.25, 0.3) is 10.9 Å². The number of H-pyrrole nitrogens is 1. The third-order valence-electron chi connectivity index (χ3n) is 5.30. The summed E-state index contributed by atoms with van der Waals surface area (Å²) in [6.45, 7) is 3.88. The quantitative estimate of drug-likeness (QED) is 0.625. The van der Waals surface area contributed by atoms with Gasteiger partial charge in [-0.3, -0.25) is 9.69 Å². The molecule has 0 bridgehead atoms. The number of rotatable bonds is 4. The van der Waals surface area contributed by atoms with Crippen LogP contribution in [0.5, 0.6) is 0 Å². The predicted molar refractivity (Wildman–Crippen MR) is 115 cm³/mol. The van der Waals surface area contributed by atoms with Crippen molar-refractivity contribution in [3.8, 4) is 0 Å². The van der Waals surface area contributed by atoms with Gasteiger partial charge >= 0.3 is 0 Å². The Kier molecular flexibility index (Phi) is 5.56. The minimum Gasteiger partial charge on any atom is -0.309 e. The molecule has 1 fully saturated rings. The molecule has 0 spiro atoms. The Morgan fingerprint density at radius 1 is 1.03 bits per heavy atom. The Morgan fingerprint density at radius 2 is 1.69 bits per heavy atom. The maximum absolute atomic E-state index is 12.9. The second-order valence-electron chi connectivity index (χ2n) is 7.04. The summed E-state index contributed by atoms with van der Waals surface area (Å²) >= 11 is 3.33. The van der Waals surface area contributed by atoms with Gasteiger partial charge in [0.2, 0.25) is 10.0 Å². The van der Waals surface area contributed by atoms with Gasteiger partial charge in [-0.1, -0.05) is 28.1 Å². The van der Waals surface area contributed by atoms with Crippen LogP contribution in [0, 0.1) is 0 Å². The molecule has 0 radical (unpaired) electrons. The first-order valence-corrected chi connectivity index (χ1v) is 11.6. The van der Waals surface area contributed by atoms with Crippen LogP contribution in [0.1, 0.15) is 18.8 Å². The molecule has 1 aliphatic rings. The number of hydrogen-bond donors (Lipinski definition) is 1. The van der Waals surface area contributed by atoms with E-state index in [-0.39, 0.29) is 11.6 Å². The number of aromatic amines is 1. The van der Waals surface area contributed by atoms with E-state index >= 15 is 0 Å². The summed E-state index contributed by atoms with van der Waals surface area (Å²) in [5.41, 5.74) is 0.503. The van der Waals surface area contributed by atoms with E-state index in [9.17, 15) is 13.2 Å². The Hall–Kier alpha value is -2.07. The van der Waals surface area contributed by atoms with Gasteiger partial charge in [-0.05, 0) is 43.3 Å². The zero-order valence-corrected chi connectivity index (χ0v) is 18.3. The highest BCUT2D eigenvalue weighted by molar-refractivity contribution is 9.10. The third kappa shape index (κ3) is 4.00. The first-order chi connectivity index (χ1) is 13.9. The van der Waals surface area contributed by atoms with Crippen LogP contribution in [0.3, 0.4) is 0 Å². The van der Waals surface area contributed by atoms with Crippen molar-refractivity contribution in [1.29, 1.82) is 0 Å². The number of nitrogens with zero attached hydrogens (tertiary/aromatic N) is 3. The zero-order valence-electron chi connectivity index (χ0n) is 15.9. The Morgan fingerprint density at radius 3 is 2.38 bits per heavy atom. The van der Waals surface area contributed by atoms with Crippen molar-refractivity contribution in [2.24, 2.45) is 0 Å². The molecular formula is C20H21BrN4O3S. The van der Waals surface area contributed by atoms with Gasteiger partial charge in [0.05, 0.1) is 21.8 Å². The summed E-state index contributed by atoms with van der Waals surface area (Å²) in [5.74, 6) is 0.595. The van der Waals surface area contributed by atoms with Crippen molar-refractivity contribution in [2.45, 2.75) is 17.9 Å². The number of benzene rings is 2. The van der Waals surface area contributed by atoms with Crippen molar-refractivity contribution in [3.63, 3.8) is 0 Å². The fourth-order valence-corrected chi connectivity index (χ4v) is 5.25. The smallest absolute Gasteiger partial charge is 0.258 e. The SMILES string of the molecule is C[C@H](c1nc2ccccc2c(=O)[nH]1)N1CCN(S(=O)(=O)c2ccc(Br)cc2)CC1. The van der Waals surface area contributed by atoms with Crippen molar-refractivity contribution in [3.05, 3.63) is 69.2 Å². The van der Waals surface area contributed by atoms with Crippen LogP contribution in [-0.4, -0.2) is 53.8 Å². The Bertz CT molecular complexity index is 1190. The second kappa shape index (κ2) is 7.98. The summed E-state index contributed by atoms with van der Waals surface area (Å²) in [7, 11) is -3.52. The third-order valence-corrected chi connectivity index (χ3v) is 7.74. The number of sulfonamides is 1. The van der Waals surface area contributed by atoms with Crippen LogP contribution in [-0.2, 0) is 10.0 Å². The molecule has 1 aromatic heterocycles. The predicted octanol–water partition coefficient (Wildman–Crippen LogP) is 2.75. The molecular weight excluding hydrogens is 456 g/mol. The average Bonchev–Trinajstić information content (AvgIpc) is 2.73. The molecule has 9 heteroatoms. The van der Waals surface area contributed by atoms with E-state index in [0.29, 0.717) is 47.8 Å². The number of aromatic nitrogens is 2. The highest BCUT2D eigenvalue weighted by Gasteiger charge is 2.31. The van der Waals surface area contributed by atoms with E-state index in [2.05, 4.69) is 30.8 Å². The molecule has 0 amide bonds.